The van der Waals surface area contributed by atoms with Crippen molar-refractivity contribution in [3.8, 4) is 0 Å². The normalized spacial score (nSPS) is 33.8. The molecule has 0 aliphatic carbocycles. The van der Waals surface area contributed by atoms with Crippen molar-refractivity contribution in [2.45, 2.75) is 58.2 Å². The fraction of sp³-hybridized carbons (Fsp3) is 0.733. The lowest BCUT2D eigenvalue weighted by Gasteiger charge is -2.52. The second-order valence-corrected chi connectivity index (χ2v) is 6.89. The molecule has 0 spiro atoms. The molecule has 0 bridgehead atoms. The summed E-state index contributed by atoms with van der Waals surface area (Å²) in [6.07, 6.45) is 2.39. The molecule has 102 valence electrons. The van der Waals surface area contributed by atoms with Crippen molar-refractivity contribution in [1.82, 2.24) is 10.2 Å². The van der Waals surface area contributed by atoms with Gasteiger partial charge in [-0.15, -0.1) is 0 Å². The van der Waals surface area contributed by atoms with Crippen molar-refractivity contribution < 1.29 is 0 Å². The van der Waals surface area contributed by atoms with Crippen LogP contribution in [0.1, 0.15) is 46.1 Å². The number of hydrogen-bond acceptors (Lipinski definition) is 3. The Bertz CT molecular complexity index is 376. The smallest absolute Gasteiger partial charge is 0.0307 e. The van der Waals surface area contributed by atoms with Crippen molar-refractivity contribution in [3.05, 3.63) is 22.4 Å². The average molecular weight is 266 g/mol. The van der Waals surface area contributed by atoms with Gasteiger partial charge in [0.05, 0.1) is 0 Å². The molecule has 0 amide bonds. The maximum absolute atomic E-state index is 3.76. The fourth-order valence-electron chi connectivity index (χ4n) is 2.62. The molecule has 0 aromatic carbocycles. The third-order valence-electron chi connectivity index (χ3n) is 4.69. The van der Waals surface area contributed by atoms with Crippen LogP contribution in [0.25, 0.3) is 0 Å². The van der Waals surface area contributed by atoms with Crippen molar-refractivity contribution >= 4 is 11.3 Å². The van der Waals surface area contributed by atoms with Crippen LogP contribution in [0, 0.1) is 0 Å². The summed E-state index contributed by atoms with van der Waals surface area (Å²) in [6, 6.07) is 2.26. The summed E-state index contributed by atoms with van der Waals surface area (Å²) in [6.45, 7) is 12.7. The molecule has 1 aromatic heterocycles. The van der Waals surface area contributed by atoms with Gasteiger partial charge in [-0.25, -0.2) is 0 Å². The molecule has 0 radical (unpaired) electrons. The summed E-state index contributed by atoms with van der Waals surface area (Å²) in [5.41, 5.74) is 2.02. The van der Waals surface area contributed by atoms with E-state index in [1.54, 1.807) is 11.3 Å². The maximum atomic E-state index is 3.76. The quantitative estimate of drug-likeness (QED) is 0.897. The number of nitrogens with zero attached hydrogens (tertiary/aromatic N) is 1. The third-order valence-corrected chi connectivity index (χ3v) is 5.43. The van der Waals surface area contributed by atoms with Gasteiger partial charge in [0.1, 0.15) is 0 Å². The summed E-state index contributed by atoms with van der Waals surface area (Å²) in [5, 5.41) is 8.22. The van der Waals surface area contributed by atoms with Gasteiger partial charge in [-0.05, 0) is 49.1 Å². The van der Waals surface area contributed by atoms with Crippen LogP contribution < -0.4 is 5.32 Å². The zero-order valence-electron chi connectivity index (χ0n) is 12.1. The highest BCUT2D eigenvalue weighted by Gasteiger charge is 2.40. The third kappa shape index (κ3) is 2.79. The number of nitrogens with one attached hydrogen (secondary N) is 1. The molecule has 2 unspecified atom stereocenters. The molecule has 1 aliphatic heterocycles. The Kier molecular flexibility index (Phi) is 4.15. The molecule has 2 atom stereocenters. The molecule has 3 heteroatoms. The van der Waals surface area contributed by atoms with Crippen LogP contribution in [0.2, 0.25) is 0 Å². The van der Waals surface area contributed by atoms with Crippen molar-refractivity contribution in [1.29, 1.82) is 0 Å². The van der Waals surface area contributed by atoms with E-state index in [0.717, 1.165) is 19.6 Å². The summed E-state index contributed by atoms with van der Waals surface area (Å²) < 4.78 is 0. The number of piperazine rings is 1. The predicted molar refractivity (Wildman–Crippen MR) is 80.1 cm³/mol. The first-order chi connectivity index (χ1) is 8.51. The number of rotatable bonds is 4. The Morgan fingerprint density at radius 3 is 2.67 bits per heavy atom. The summed E-state index contributed by atoms with van der Waals surface area (Å²) in [7, 11) is 0. The number of thiophene rings is 1. The minimum Gasteiger partial charge on any atom is -0.308 e. The SMILES string of the molecule is CCC1(C)CN(Cc2ccsc2)C(C)(CC)CN1. The molecular weight excluding hydrogens is 240 g/mol. The number of hydrogen-bond donors (Lipinski definition) is 1. The van der Waals surface area contributed by atoms with E-state index in [9.17, 15) is 0 Å². The Hall–Kier alpha value is -0.380. The van der Waals surface area contributed by atoms with Crippen molar-refractivity contribution in [2.24, 2.45) is 0 Å². The Balaban J connectivity index is 2.15. The average Bonchev–Trinajstić information content (AvgIpc) is 2.87. The van der Waals surface area contributed by atoms with E-state index in [2.05, 4.69) is 54.7 Å². The summed E-state index contributed by atoms with van der Waals surface area (Å²) in [5.74, 6) is 0. The highest BCUT2D eigenvalue weighted by molar-refractivity contribution is 7.07. The first-order valence-corrected chi connectivity index (χ1v) is 7.97. The van der Waals surface area contributed by atoms with Gasteiger partial charge in [0.15, 0.2) is 0 Å². The van der Waals surface area contributed by atoms with Crippen molar-refractivity contribution in [2.75, 3.05) is 13.1 Å². The Morgan fingerprint density at radius 2 is 2.11 bits per heavy atom. The highest BCUT2D eigenvalue weighted by atomic mass is 32.1. The lowest BCUT2D eigenvalue weighted by Crippen LogP contribution is -2.67. The van der Waals surface area contributed by atoms with E-state index in [1.165, 1.54) is 18.4 Å². The molecule has 1 aromatic rings. The molecule has 2 rings (SSSR count). The van der Waals surface area contributed by atoms with Crippen LogP contribution in [0.15, 0.2) is 16.8 Å². The lowest BCUT2D eigenvalue weighted by atomic mass is 9.85. The maximum Gasteiger partial charge on any atom is 0.0307 e. The minimum absolute atomic E-state index is 0.269. The zero-order chi connectivity index (χ0) is 13.2. The topological polar surface area (TPSA) is 15.3 Å². The van der Waals surface area contributed by atoms with E-state index in [-0.39, 0.29) is 11.1 Å². The van der Waals surface area contributed by atoms with Crippen LogP contribution in [0.5, 0.6) is 0 Å². The van der Waals surface area contributed by atoms with Crippen LogP contribution in [0.4, 0.5) is 0 Å². The summed E-state index contributed by atoms with van der Waals surface area (Å²) in [4.78, 5) is 2.68. The molecule has 2 heterocycles. The molecule has 18 heavy (non-hydrogen) atoms. The van der Waals surface area contributed by atoms with Crippen LogP contribution in [-0.4, -0.2) is 29.1 Å². The van der Waals surface area contributed by atoms with Gasteiger partial charge >= 0.3 is 0 Å². The standard InChI is InChI=1S/C15H26N2S/c1-5-14(3)12-17(9-13-7-8-18-10-13)15(4,6-2)11-16-14/h7-8,10,16H,5-6,9,11-12H2,1-4H3. The molecule has 1 N–H and O–H groups in total. The van der Waals surface area contributed by atoms with Gasteiger partial charge in [0.25, 0.3) is 0 Å². The molecular formula is C15H26N2S. The lowest BCUT2D eigenvalue weighted by molar-refractivity contribution is 0.0105. The fourth-order valence-corrected chi connectivity index (χ4v) is 3.28. The van der Waals surface area contributed by atoms with Crippen molar-refractivity contribution in [3.63, 3.8) is 0 Å². The molecule has 1 saturated heterocycles. The molecule has 2 nitrogen and oxygen atoms in total. The predicted octanol–water partition coefficient (Wildman–Crippen LogP) is 3.49. The van der Waals surface area contributed by atoms with Gasteiger partial charge in [-0.2, -0.15) is 11.3 Å². The van der Waals surface area contributed by atoms with Gasteiger partial charge in [0, 0.05) is 30.7 Å². The molecule has 1 fully saturated rings. The van der Waals surface area contributed by atoms with E-state index < -0.39 is 0 Å². The van der Waals surface area contributed by atoms with Crippen LogP contribution in [-0.2, 0) is 6.54 Å². The second-order valence-electron chi connectivity index (χ2n) is 6.11. The Labute approximate surface area is 115 Å². The van der Waals surface area contributed by atoms with E-state index in [1.807, 2.05) is 0 Å². The molecule has 1 aliphatic rings. The monoisotopic (exact) mass is 266 g/mol. The largest absolute Gasteiger partial charge is 0.308 e. The second kappa shape index (κ2) is 5.32. The first-order valence-electron chi connectivity index (χ1n) is 7.02. The minimum atomic E-state index is 0.269. The molecule has 0 saturated carbocycles. The van der Waals surface area contributed by atoms with E-state index in [4.69, 9.17) is 0 Å². The Morgan fingerprint density at radius 1 is 1.33 bits per heavy atom. The summed E-state index contributed by atoms with van der Waals surface area (Å²) >= 11 is 1.80. The highest BCUT2D eigenvalue weighted by Crippen LogP contribution is 2.30. The van der Waals surface area contributed by atoms with Crippen LogP contribution >= 0.6 is 11.3 Å². The van der Waals surface area contributed by atoms with Crippen LogP contribution in [0.3, 0.4) is 0 Å². The van der Waals surface area contributed by atoms with Gasteiger partial charge in [-0.1, -0.05) is 13.8 Å². The van der Waals surface area contributed by atoms with E-state index >= 15 is 0 Å². The van der Waals surface area contributed by atoms with Gasteiger partial charge < -0.3 is 5.32 Å². The first kappa shape index (κ1) is 14.0. The van der Waals surface area contributed by atoms with E-state index in [0.29, 0.717) is 0 Å². The zero-order valence-corrected chi connectivity index (χ0v) is 12.9. The van der Waals surface area contributed by atoms with Gasteiger partial charge in [0.2, 0.25) is 0 Å². The van der Waals surface area contributed by atoms with Gasteiger partial charge in [-0.3, -0.25) is 4.90 Å².